The van der Waals surface area contributed by atoms with Crippen LogP contribution in [0.25, 0.3) is 0 Å². The highest BCUT2D eigenvalue weighted by molar-refractivity contribution is 5.89. The second-order valence-electron chi connectivity index (χ2n) is 4.88. The van der Waals surface area contributed by atoms with Crippen molar-refractivity contribution >= 4 is 11.8 Å². The molecule has 1 aliphatic carbocycles. The lowest BCUT2D eigenvalue weighted by Crippen LogP contribution is -2.65. The van der Waals surface area contributed by atoms with Crippen molar-refractivity contribution in [3.63, 3.8) is 0 Å². The molecule has 2 aliphatic rings. The van der Waals surface area contributed by atoms with Crippen molar-refractivity contribution in [1.29, 1.82) is 0 Å². The van der Waals surface area contributed by atoms with Crippen molar-refractivity contribution < 1.29 is 9.59 Å². The minimum absolute atomic E-state index is 0.0283. The largest absolute Gasteiger partial charge is 0.356 e. The fourth-order valence-electron chi connectivity index (χ4n) is 2.73. The van der Waals surface area contributed by atoms with Crippen LogP contribution in [0.2, 0.25) is 0 Å². The lowest BCUT2D eigenvalue weighted by Gasteiger charge is -2.40. The monoisotopic (exact) mass is 239 g/mol. The molecular weight excluding hydrogens is 218 g/mol. The van der Waals surface area contributed by atoms with E-state index < -0.39 is 0 Å². The first-order chi connectivity index (χ1) is 8.20. The molecule has 17 heavy (non-hydrogen) atoms. The van der Waals surface area contributed by atoms with E-state index in [1.807, 2.05) is 6.92 Å². The van der Waals surface area contributed by atoms with E-state index in [-0.39, 0.29) is 30.3 Å². The van der Waals surface area contributed by atoms with Crippen LogP contribution in [0.15, 0.2) is 0 Å². The van der Waals surface area contributed by atoms with E-state index in [1.54, 1.807) is 0 Å². The van der Waals surface area contributed by atoms with E-state index in [0.717, 1.165) is 12.8 Å². The van der Waals surface area contributed by atoms with Gasteiger partial charge in [-0.25, -0.2) is 0 Å². The zero-order valence-corrected chi connectivity index (χ0v) is 10.3. The van der Waals surface area contributed by atoms with E-state index in [2.05, 4.69) is 16.0 Å². The summed E-state index contributed by atoms with van der Waals surface area (Å²) in [5.74, 6) is -0.0891. The molecule has 2 fully saturated rings. The molecule has 0 spiro atoms. The molecular formula is C12H21N3O2. The molecule has 1 saturated heterocycles. The number of carbonyl (C=O) groups is 2. The van der Waals surface area contributed by atoms with Gasteiger partial charge < -0.3 is 16.0 Å². The topological polar surface area (TPSA) is 70.2 Å². The lowest BCUT2D eigenvalue weighted by atomic mass is 9.87. The van der Waals surface area contributed by atoms with Crippen molar-refractivity contribution in [3.05, 3.63) is 0 Å². The summed E-state index contributed by atoms with van der Waals surface area (Å²) in [7, 11) is 0. The molecule has 5 heteroatoms. The van der Waals surface area contributed by atoms with Gasteiger partial charge in [-0.05, 0) is 19.8 Å². The van der Waals surface area contributed by atoms with Gasteiger partial charge in [0.15, 0.2) is 0 Å². The SMILES string of the molecule is CCNC(=O)C[C@@H]1N[C@@H]2CCCC[C@H]2NC1=O. The van der Waals surface area contributed by atoms with E-state index >= 15 is 0 Å². The minimum Gasteiger partial charge on any atom is -0.356 e. The molecule has 1 aliphatic heterocycles. The Hall–Kier alpha value is -1.10. The number of amides is 2. The third-order valence-electron chi connectivity index (χ3n) is 3.59. The number of hydrogen-bond acceptors (Lipinski definition) is 3. The highest BCUT2D eigenvalue weighted by atomic mass is 16.2. The Morgan fingerprint density at radius 1 is 1.35 bits per heavy atom. The normalized spacial score (nSPS) is 32.5. The van der Waals surface area contributed by atoms with Crippen molar-refractivity contribution in [2.45, 2.75) is 57.2 Å². The molecule has 0 aromatic heterocycles. The van der Waals surface area contributed by atoms with Crippen LogP contribution in [0.4, 0.5) is 0 Å². The maximum Gasteiger partial charge on any atom is 0.237 e. The Morgan fingerprint density at radius 2 is 2.06 bits per heavy atom. The fraction of sp³-hybridized carbons (Fsp3) is 0.833. The highest BCUT2D eigenvalue weighted by Gasteiger charge is 2.36. The maximum absolute atomic E-state index is 11.8. The molecule has 3 N–H and O–H groups in total. The molecule has 2 rings (SSSR count). The van der Waals surface area contributed by atoms with Crippen molar-refractivity contribution in [3.8, 4) is 0 Å². The van der Waals surface area contributed by atoms with Crippen LogP contribution in [-0.4, -0.2) is 36.5 Å². The number of rotatable bonds is 3. The van der Waals surface area contributed by atoms with Gasteiger partial charge in [0.05, 0.1) is 12.5 Å². The molecule has 5 nitrogen and oxygen atoms in total. The minimum atomic E-state index is -0.360. The summed E-state index contributed by atoms with van der Waals surface area (Å²) in [6.45, 7) is 2.49. The van der Waals surface area contributed by atoms with Crippen LogP contribution in [0.1, 0.15) is 39.0 Å². The predicted octanol–water partition coefficient (Wildman–Crippen LogP) is -0.0882. The Balaban J connectivity index is 1.90. The van der Waals surface area contributed by atoms with E-state index in [4.69, 9.17) is 0 Å². The number of fused-ring (bicyclic) bond motifs is 1. The quantitative estimate of drug-likeness (QED) is 0.645. The van der Waals surface area contributed by atoms with E-state index in [0.29, 0.717) is 12.6 Å². The number of hydrogen-bond donors (Lipinski definition) is 3. The van der Waals surface area contributed by atoms with E-state index in [1.165, 1.54) is 12.8 Å². The summed E-state index contributed by atoms with van der Waals surface area (Å²) in [6, 6.07) is 0.253. The summed E-state index contributed by atoms with van der Waals surface area (Å²) in [5, 5.41) is 9.08. The second kappa shape index (κ2) is 5.49. The summed E-state index contributed by atoms with van der Waals surface area (Å²) < 4.78 is 0. The molecule has 2 amide bonds. The Labute approximate surface area is 102 Å². The zero-order valence-electron chi connectivity index (χ0n) is 10.3. The molecule has 96 valence electrons. The van der Waals surface area contributed by atoms with E-state index in [9.17, 15) is 9.59 Å². The Kier molecular flexibility index (Phi) is 3.99. The van der Waals surface area contributed by atoms with Gasteiger partial charge in [-0.2, -0.15) is 0 Å². The number of carbonyl (C=O) groups excluding carboxylic acids is 2. The molecule has 0 radical (unpaired) electrons. The first-order valence-corrected chi connectivity index (χ1v) is 6.54. The van der Waals surface area contributed by atoms with Gasteiger partial charge in [0.1, 0.15) is 0 Å². The van der Waals surface area contributed by atoms with Gasteiger partial charge in [-0.3, -0.25) is 9.59 Å². The van der Waals surface area contributed by atoms with Gasteiger partial charge in [0.25, 0.3) is 0 Å². The zero-order chi connectivity index (χ0) is 12.3. The van der Waals surface area contributed by atoms with Crippen molar-refractivity contribution in [2.24, 2.45) is 0 Å². The van der Waals surface area contributed by atoms with Crippen molar-refractivity contribution in [2.75, 3.05) is 6.54 Å². The third-order valence-corrected chi connectivity index (χ3v) is 3.59. The summed E-state index contributed by atoms with van der Waals surface area (Å²) in [5.41, 5.74) is 0. The summed E-state index contributed by atoms with van der Waals surface area (Å²) >= 11 is 0. The number of piperazine rings is 1. The van der Waals surface area contributed by atoms with Crippen LogP contribution >= 0.6 is 0 Å². The molecule has 0 bridgehead atoms. The standard InChI is InChI=1S/C12H21N3O2/c1-2-13-11(16)7-10-12(17)15-9-6-4-3-5-8(9)14-10/h8-10,14H,2-7H2,1H3,(H,13,16)(H,15,17)/t8-,9-,10+/m1/s1. The van der Waals surface area contributed by atoms with Gasteiger partial charge in [0, 0.05) is 18.6 Å². The maximum atomic E-state index is 11.8. The first kappa shape index (κ1) is 12.4. The van der Waals surface area contributed by atoms with Gasteiger partial charge >= 0.3 is 0 Å². The highest BCUT2D eigenvalue weighted by Crippen LogP contribution is 2.22. The summed E-state index contributed by atoms with van der Waals surface area (Å²) in [6.07, 6.45) is 4.78. The van der Waals surface area contributed by atoms with Gasteiger partial charge in [0.2, 0.25) is 11.8 Å². The van der Waals surface area contributed by atoms with Crippen LogP contribution in [0, 0.1) is 0 Å². The van der Waals surface area contributed by atoms with Gasteiger partial charge in [-0.15, -0.1) is 0 Å². The van der Waals surface area contributed by atoms with Crippen LogP contribution in [-0.2, 0) is 9.59 Å². The predicted molar refractivity (Wildman–Crippen MR) is 64.4 cm³/mol. The average Bonchev–Trinajstić information content (AvgIpc) is 2.30. The Bertz CT molecular complexity index is 306. The average molecular weight is 239 g/mol. The second-order valence-corrected chi connectivity index (χ2v) is 4.88. The van der Waals surface area contributed by atoms with Crippen LogP contribution < -0.4 is 16.0 Å². The first-order valence-electron chi connectivity index (χ1n) is 6.54. The van der Waals surface area contributed by atoms with Gasteiger partial charge in [-0.1, -0.05) is 12.8 Å². The third kappa shape index (κ3) is 2.97. The molecule has 0 unspecified atom stereocenters. The smallest absolute Gasteiger partial charge is 0.237 e. The summed E-state index contributed by atoms with van der Waals surface area (Å²) in [4.78, 5) is 23.3. The molecule has 1 saturated carbocycles. The fourth-order valence-corrected chi connectivity index (χ4v) is 2.73. The molecule has 0 aromatic rings. The molecule has 0 aromatic carbocycles. The van der Waals surface area contributed by atoms with Crippen LogP contribution in [0.3, 0.4) is 0 Å². The molecule has 3 atom stereocenters. The lowest BCUT2D eigenvalue weighted by molar-refractivity contribution is -0.131. The molecule has 1 heterocycles. The van der Waals surface area contributed by atoms with Crippen molar-refractivity contribution in [1.82, 2.24) is 16.0 Å². The Morgan fingerprint density at radius 3 is 2.76 bits per heavy atom. The number of nitrogens with one attached hydrogen (secondary N) is 3. The van der Waals surface area contributed by atoms with Crippen LogP contribution in [0.5, 0.6) is 0 Å².